The average Bonchev–Trinajstić information content (AvgIpc) is 3.45. The van der Waals surface area contributed by atoms with Crippen molar-refractivity contribution in [3.05, 3.63) is 58.1 Å². The van der Waals surface area contributed by atoms with Gasteiger partial charge in [-0.1, -0.05) is 47.4 Å². The number of nitrogens with zero attached hydrogens (tertiary/aromatic N) is 2. The van der Waals surface area contributed by atoms with Gasteiger partial charge in [0, 0.05) is 24.7 Å². The molecule has 0 aliphatic carbocycles. The number of nitrogens with one attached hydrogen (secondary N) is 1. The van der Waals surface area contributed by atoms with E-state index in [4.69, 9.17) is 16.1 Å². The summed E-state index contributed by atoms with van der Waals surface area (Å²) < 4.78 is 33.3. The van der Waals surface area contributed by atoms with Crippen molar-refractivity contribution in [3.63, 3.8) is 0 Å². The van der Waals surface area contributed by atoms with E-state index >= 15 is 0 Å². The van der Waals surface area contributed by atoms with Gasteiger partial charge in [0.25, 0.3) is 15.9 Å². The average molecular weight is 494 g/mol. The second kappa shape index (κ2) is 9.74. The number of halogens is 1. The highest BCUT2D eigenvalue weighted by Gasteiger charge is 2.34. The lowest BCUT2D eigenvalue weighted by Crippen LogP contribution is -2.45. The van der Waals surface area contributed by atoms with Crippen LogP contribution in [0.25, 0.3) is 11.3 Å². The minimum atomic E-state index is -3.52. The molecule has 0 bridgehead atoms. The van der Waals surface area contributed by atoms with E-state index in [9.17, 15) is 13.2 Å². The van der Waals surface area contributed by atoms with Crippen LogP contribution in [0.15, 0.2) is 50.5 Å². The Labute approximate surface area is 196 Å². The molecule has 170 valence electrons. The number of carbonyl (C=O) groups is 1. The van der Waals surface area contributed by atoms with Gasteiger partial charge in [-0.2, -0.15) is 4.31 Å². The number of rotatable bonds is 7. The van der Waals surface area contributed by atoms with Gasteiger partial charge in [0.1, 0.15) is 21.2 Å². The summed E-state index contributed by atoms with van der Waals surface area (Å²) in [6.07, 6.45) is 3.12. The molecule has 1 amide bonds. The zero-order chi connectivity index (χ0) is 22.7. The maximum absolute atomic E-state index is 13.0. The highest BCUT2D eigenvalue weighted by atomic mass is 35.5. The molecule has 0 spiro atoms. The Bertz CT molecular complexity index is 1190. The summed E-state index contributed by atoms with van der Waals surface area (Å²) in [6.45, 7) is 2.52. The first-order valence-electron chi connectivity index (χ1n) is 10.4. The van der Waals surface area contributed by atoms with Gasteiger partial charge in [-0.15, -0.1) is 11.3 Å². The number of benzene rings is 1. The van der Waals surface area contributed by atoms with Crippen molar-refractivity contribution in [1.29, 1.82) is 0 Å². The summed E-state index contributed by atoms with van der Waals surface area (Å²) >= 11 is 7.50. The molecule has 1 fully saturated rings. The number of carbonyl (C=O) groups excluding carboxylic acids is 1. The zero-order valence-electron chi connectivity index (χ0n) is 17.6. The van der Waals surface area contributed by atoms with Crippen molar-refractivity contribution in [2.75, 3.05) is 13.1 Å². The predicted octanol–water partition coefficient (Wildman–Crippen LogP) is 4.73. The van der Waals surface area contributed by atoms with E-state index in [0.29, 0.717) is 51.3 Å². The second-order valence-electron chi connectivity index (χ2n) is 7.68. The maximum Gasteiger partial charge on any atom is 0.257 e. The summed E-state index contributed by atoms with van der Waals surface area (Å²) in [5.74, 6) is 0.0825. The lowest BCUT2D eigenvalue weighted by Gasteiger charge is -2.34. The van der Waals surface area contributed by atoms with Crippen LogP contribution in [0.1, 0.15) is 41.8 Å². The number of hydrogen-bond donors (Lipinski definition) is 1. The first-order chi connectivity index (χ1) is 15.4. The lowest BCUT2D eigenvalue weighted by atomic mass is 10.0. The van der Waals surface area contributed by atoms with Crippen LogP contribution in [-0.4, -0.2) is 42.9 Å². The lowest BCUT2D eigenvalue weighted by molar-refractivity contribution is 0.0948. The maximum atomic E-state index is 13.0. The van der Waals surface area contributed by atoms with Gasteiger partial charge in [-0.05, 0) is 43.7 Å². The van der Waals surface area contributed by atoms with Gasteiger partial charge >= 0.3 is 0 Å². The van der Waals surface area contributed by atoms with Crippen LogP contribution in [-0.2, 0) is 10.0 Å². The van der Waals surface area contributed by atoms with E-state index in [1.165, 1.54) is 11.3 Å². The fourth-order valence-electron chi connectivity index (χ4n) is 4.02. The van der Waals surface area contributed by atoms with E-state index in [1.54, 1.807) is 46.9 Å². The van der Waals surface area contributed by atoms with Crippen LogP contribution in [0.5, 0.6) is 0 Å². The summed E-state index contributed by atoms with van der Waals surface area (Å²) in [4.78, 5) is 13.0. The van der Waals surface area contributed by atoms with Crippen LogP contribution < -0.4 is 5.32 Å². The molecule has 7 nitrogen and oxygen atoms in total. The number of hydrogen-bond acceptors (Lipinski definition) is 6. The molecule has 1 atom stereocenters. The molecule has 10 heteroatoms. The Morgan fingerprint density at radius 2 is 2.09 bits per heavy atom. The van der Waals surface area contributed by atoms with Crippen LogP contribution in [0, 0.1) is 6.92 Å². The van der Waals surface area contributed by atoms with Crippen LogP contribution in [0.3, 0.4) is 0 Å². The molecule has 3 heterocycles. The fourth-order valence-corrected chi connectivity index (χ4v) is 7.09. The van der Waals surface area contributed by atoms with Crippen molar-refractivity contribution in [2.45, 2.75) is 42.9 Å². The number of piperidine rings is 1. The zero-order valence-corrected chi connectivity index (χ0v) is 20.0. The summed E-state index contributed by atoms with van der Waals surface area (Å²) in [7, 11) is -3.52. The minimum absolute atomic E-state index is 0.150. The molecule has 1 unspecified atom stereocenters. The van der Waals surface area contributed by atoms with E-state index in [2.05, 4.69) is 10.5 Å². The Morgan fingerprint density at radius 3 is 2.84 bits per heavy atom. The van der Waals surface area contributed by atoms with E-state index in [1.807, 2.05) is 6.07 Å². The van der Waals surface area contributed by atoms with Crippen molar-refractivity contribution in [1.82, 2.24) is 14.8 Å². The molecule has 2 aromatic heterocycles. The normalized spacial score (nSPS) is 17.4. The first kappa shape index (κ1) is 23.0. The van der Waals surface area contributed by atoms with Gasteiger partial charge in [-0.25, -0.2) is 8.42 Å². The second-order valence-corrected chi connectivity index (χ2v) is 11.2. The molecule has 1 aliphatic rings. The van der Waals surface area contributed by atoms with E-state index in [0.717, 1.165) is 19.3 Å². The standard InChI is InChI=1S/C22H24ClN3O4S2/c1-15-20(21(25-30-15)17-8-2-3-9-18(17)23)22(27)24-12-11-16-7-4-5-13-26(16)32(28,29)19-10-6-14-31-19/h2-3,6,8-10,14,16H,4-5,7,11-13H2,1H3,(H,24,27). The van der Waals surface area contributed by atoms with Gasteiger partial charge < -0.3 is 9.84 Å². The Balaban J connectivity index is 1.45. The highest BCUT2D eigenvalue weighted by molar-refractivity contribution is 7.91. The van der Waals surface area contributed by atoms with E-state index < -0.39 is 10.0 Å². The molecule has 1 N–H and O–H groups in total. The number of aromatic nitrogens is 1. The first-order valence-corrected chi connectivity index (χ1v) is 13.1. The molecule has 1 aromatic carbocycles. The van der Waals surface area contributed by atoms with Gasteiger partial charge in [-0.3, -0.25) is 4.79 Å². The topological polar surface area (TPSA) is 92.5 Å². The molecule has 1 saturated heterocycles. The molecule has 32 heavy (non-hydrogen) atoms. The van der Waals surface area contributed by atoms with Gasteiger partial charge in [0.05, 0.1) is 5.02 Å². The van der Waals surface area contributed by atoms with Crippen molar-refractivity contribution in [2.24, 2.45) is 0 Å². The quantitative estimate of drug-likeness (QED) is 0.513. The molecule has 3 aromatic rings. The van der Waals surface area contributed by atoms with Crippen LogP contribution in [0.2, 0.25) is 5.02 Å². The predicted molar refractivity (Wildman–Crippen MR) is 124 cm³/mol. The van der Waals surface area contributed by atoms with Crippen molar-refractivity contribution < 1.29 is 17.7 Å². The minimum Gasteiger partial charge on any atom is -0.360 e. The number of thiophene rings is 1. The highest BCUT2D eigenvalue weighted by Crippen LogP contribution is 2.31. The SMILES string of the molecule is Cc1onc(-c2ccccc2Cl)c1C(=O)NCCC1CCCCN1S(=O)(=O)c1cccs1. The molecule has 4 rings (SSSR count). The van der Waals surface area contributed by atoms with Crippen LogP contribution >= 0.6 is 22.9 Å². The monoisotopic (exact) mass is 493 g/mol. The molecule has 0 radical (unpaired) electrons. The number of sulfonamides is 1. The smallest absolute Gasteiger partial charge is 0.257 e. The third-order valence-electron chi connectivity index (χ3n) is 5.61. The molecule has 1 aliphatic heterocycles. The Hall–Kier alpha value is -2.20. The third kappa shape index (κ3) is 4.61. The fraction of sp³-hybridized carbons (Fsp3) is 0.364. The molecular formula is C22H24ClN3O4S2. The van der Waals surface area contributed by atoms with Gasteiger partial charge in [0.2, 0.25) is 0 Å². The van der Waals surface area contributed by atoms with Crippen LogP contribution in [0.4, 0.5) is 0 Å². The summed E-state index contributed by atoms with van der Waals surface area (Å²) in [6, 6.07) is 10.4. The van der Waals surface area contributed by atoms with Gasteiger partial charge in [0.15, 0.2) is 0 Å². The third-order valence-corrected chi connectivity index (χ3v) is 9.27. The van der Waals surface area contributed by atoms with Crippen molar-refractivity contribution >= 4 is 38.9 Å². The summed E-state index contributed by atoms with van der Waals surface area (Å²) in [5, 5.41) is 9.19. The van der Waals surface area contributed by atoms with E-state index in [-0.39, 0.29) is 11.9 Å². The molecule has 0 saturated carbocycles. The Morgan fingerprint density at radius 1 is 1.28 bits per heavy atom. The molecular weight excluding hydrogens is 470 g/mol. The largest absolute Gasteiger partial charge is 0.360 e. The Kier molecular flexibility index (Phi) is 6.99. The number of aryl methyl sites for hydroxylation is 1. The van der Waals surface area contributed by atoms with Crippen molar-refractivity contribution in [3.8, 4) is 11.3 Å². The summed E-state index contributed by atoms with van der Waals surface area (Å²) in [5.41, 5.74) is 1.35. The number of amides is 1.